The Labute approximate surface area is 136 Å². The second-order valence-corrected chi connectivity index (χ2v) is 6.15. The van der Waals surface area contributed by atoms with Gasteiger partial charge in [0.15, 0.2) is 0 Å². The lowest BCUT2D eigenvalue weighted by Crippen LogP contribution is -2.36. The molecule has 0 radical (unpaired) electrons. The first-order valence-electron chi connectivity index (χ1n) is 8.39. The Morgan fingerprint density at radius 3 is 2.91 bits per heavy atom. The number of hydrogen-bond acceptors (Lipinski definition) is 5. The van der Waals surface area contributed by atoms with Crippen LogP contribution in [0.25, 0.3) is 0 Å². The number of hydrogen-bond donors (Lipinski definition) is 1. The van der Waals surface area contributed by atoms with Crippen LogP contribution in [0.1, 0.15) is 30.0 Å². The zero-order valence-electron chi connectivity index (χ0n) is 13.2. The van der Waals surface area contributed by atoms with Gasteiger partial charge in [-0.2, -0.15) is 0 Å². The van der Waals surface area contributed by atoms with Crippen LogP contribution >= 0.6 is 0 Å². The minimum Gasteiger partial charge on any atom is -0.378 e. The van der Waals surface area contributed by atoms with Gasteiger partial charge >= 0.3 is 0 Å². The second kappa shape index (κ2) is 6.54. The highest BCUT2D eigenvalue weighted by Crippen LogP contribution is 2.32. The Bertz CT molecular complexity index is 670. The lowest BCUT2D eigenvalue weighted by molar-refractivity contribution is 0.122. The standard InChI is InChI=1S/C18H22N4O/c1-2-6-15-14(4-1)5-3-7-16(15)21-17-12-18(20-13-19-17)22-8-10-23-11-9-22/h1-2,4,6,12-13,16H,3,5,7-11H2,(H,19,20,21). The lowest BCUT2D eigenvalue weighted by Gasteiger charge is -2.29. The number of anilines is 2. The van der Waals surface area contributed by atoms with Gasteiger partial charge in [-0.25, -0.2) is 9.97 Å². The topological polar surface area (TPSA) is 50.3 Å². The van der Waals surface area contributed by atoms with E-state index in [2.05, 4.69) is 50.5 Å². The molecule has 1 aliphatic carbocycles. The molecule has 0 bridgehead atoms. The van der Waals surface area contributed by atoms with Crippen LogP contribution in [0.5, 0.6) is 0 Å². The summed E-state index contributed by atoms with van der Waals surface area (Å²) in [6.45, 7) is 3.32. The van der Waals surface area contributed by atoms with Gasteiger partial charge < -0.3 is 15.0 Å². The number of aromatic nitrogens is 2. The molecule has 0 spiro atoms. The molecule has 0 amide bonds. The highest BCUT2D eigenvalue weighted by Gasteiger charge is 2.20. The van der Waals surface area contributed by atoms with E-state index < -0.39 is 0 Å². The van der Waals surface area contributed by atoms with E-state index in [9.17, 15) is 0 Å². The summed E-state index contributed by atoms with van der Waals surface area (Å²) in [6.07, 6.45) is 5.20. The summed E-state index contributed by atoms with van der Waals surface area (Å²) in [5.41, 5.74) is 2.86. The Kier molecular flexibility index (Phi) is 4.11. The first-order valence-corrected chi connectivity index (χ1v) is 8.39. The predicted molar refractivity (Wildman–Crippen MR) is 90.8 cm³/mol. The third-order valence-electron chi connectivity index (χ3n) is 4.68. The molecule has 5 heteroatoms. The molecule has 1 fully saturated rings. The molecule has 23 heavy (non-hydrogen) atoms. The van der Waals surface area contributed by atoms with E-state index in [0.717, 1.165) is 44.4 Å². The second-order valence-electron chi connectivity index (χ2n) is 6.15. The van der Waals surface area contributed by atoms with Crippen molar-refractivity contribution in [1.29, 1.82) is 0 Å². The first-order chi connectivity index (χ1) is 11.4. The summed E-state index contributed by atoms with van der Waals surface area (Å²) in [7, 11) is 0. The van der Waals surface area contributed by atoms with Crippen molar-refractivity contribution < 1.29 is 4.74 Å². The van der Waals surface area contributed by atoms with Crippen molar-refractivity contribution in [3.8, 4) is 0 Å². The van der Waals surface area contributed by atoms with Gasteiger partial charge in [0, 0.05) is 19.2 Å². The maximum absolute atomic E-state index is 5.41. The molecule has 1 atom stereocenters. The summed E-state index contributed by atoms with van der Waals surface area (Å²) < 4.78 is 5.41. The predicted octanol–water partition coefficient (Wildman–Crippen LogP) is 2.80. The lowest BCUT2D eigenvalue weighted by atomic mass is 9.88. The first kappa shape index (κ1) is 14.5. The van der Waals surface area contributed by atoms with Gasteiger partial charge in [0.25, 0.3) is 0 Å². The molecule has 1 saturated heterocycles. The molecule has 1 aliphatic heterocycles. The molecular weight excluding hydrogens is 288 g/mol. The van der Waals surface area contributed by atoms with Crippen LogP contribution in [0.4, 0.5) is 11.6 Å². The molecule has 2 heterocycles. The minimum atomic E-state index is 0.340. The molecule has 5 nitrogen and oxygen atoms in total. The van der Waals surface area contributed by atoms with Crippen molar-refractivity contribution in [3.05, 3.63) is 47.8 Å². The van der Waals surface area contributed by atoms with E-state index in [0.29, 0.717) is 6.04 Å². The summed E-state index contributed by atoms with van der Waals surface area (Å²) in [5.74, 6) is 1.89. The van der Waals surface area contributed by atoms with Crippen LogP contribution in [-0.2, 0) is 11.2 Å². The fraction of sp³-hybridized carbons (Fsp3) is 0.444. The Hall–Kier alpha value is -2.14. The number of fused-ring (bicyclic) bond motifs is 1. The van der Waals surface area contributed by atoms with Gasteiger partial charge in [-0.15, -0.1) is 0 Å². The number of nitrogens with zero attached hydrogens (tertiary/aromatic N) is 3. The van der Waals surface area contributed by atoms with Crippen molar-refractivity contribution in [2.75, 3.05) is 36.5 Å². The maximum atomic E-state index is 5.41. The maximum Gasteiger partial charge on any atom is 0.134 e. The molecule has 2 aliphatic rings. The van der Waals surface area contributed by atoms with E-state index >= 15 is 0 Å². The van der Waals surface area contributed by atoms with Crippen LogP contribution in [0.2, 0.25) is 0 Å². The van der Waals surface area contributed by atoms with E-state index in [1.165, 1.54) is 24.0 Å². The average molecular weight is 310 g/mol. The zero-order valence-corrected chi connectivity index (χ0v) is 13.2. The Morgan fingerprint density at radius 1 is 1.13 bits per heavy atom. The largest absolute Gasteiger partial charge is 0.378 e. The molecular formula is C18H22N4O. The number of rotatable bonds is 3. The molecule has 4 rings (SSSR count). The molecule has 2 aromatic rings. The highest BCUT2D eigenvalue weighted by molar-refractivity contribution is 5.50. The number of morpholine rings is 1. The van der Waals surface area contributed by atoms with Crippen LogP contribution < -0.4 is 10.2 Å². The highest BCUT2D eigenvalue weighted by atomic mass is 16.5. The number of benzene rings is 1. The van der Waals surface area contributed by atoms with Gasteiger partial charge in [0.2, 0.25) is 0 Å². The van der Waals surface area contributed by atoms with Gasteiger partial charge in [0.05, 0.1) is 19.3 Å². The fourth-order valence-electron chi connectivity index (χ4n) is 3.47. The molecule has 1 unspecified atom stereocenters. The van der Waals surface area contributed by atoms with Crippen LogP contribution in [0.3, 0.4) is 0 Å². The van der Waals surface area contributed by atoms with E-state index in [4.69, 9.17) is 4.74 Å². The van der Waals surface area contributed by atoms with Crippen LogP contribution in [-0.4, -0.2) is 36.3 Å². The van der Waals surface area contributed by atoms with E-state index in [1.807, 2.05) is 0 Å². The van der Waals surface area contributed by atoms with E-state index in [-0.39, 0.29) is 0 Å². The third kappa shape index (κ3) is 3.15. The zero-order chi connectivity index (χ0) is 15.5. The molecule has 1 aromatic carbocycles. The van der Waals surface area contributed by atoms with Gasteiger partial charge in [0.1, 0.15) is 18.0 Å². The van der Waals surface area contributed by atoms with Crippen molar-refractivity contribution in [2.45, 2.75) is 25.3 Å². The van der Waals surface area contributed by atoms with Crippen LogP contribution in [0.15, 0.2) is 36.7 Å². The molecule has 0 saturated carbocycles. The van der Waals surface area contributed by atoms with Crippen LogP contribution in [0, 0.1) is 0 Å². The van der Waals surface area contributed by atoms with E-state index in [1.54, 1.807) is 6.33 Å². The molecule has 120 valence electrons. The minimum absolute atomic E-state index is 0.340. The van der Waals surface area contributed by atoms with Crippen molar-refractivity contribution in [2.24, 2.45) is 0 Å². The summed E-state index contributed by atoms with van der Waals surface area (Å²) in [5, 5.41) is 3.61. The third-order valence-corrected chi connectivity index (χ3v) is 4.68. The summed E-state index contributed by atoms with van der Waals surface area (Å²) in [4.78, 5) is 11.1. The van der Waals surface area contributed by atoms with Crippen molar-refractivity contribution in [1.82, 2.24) is 9.97 Å². The van der Waals surface area contributed by atoms with Gasteiger partial charge in [-0.3, -0.25) is 0 Å². The monoisotopic (exact) mass is 310 g/mol. The summed E-state index contributed by atoms with van der Waals surface area (Å²) in [6, 6.07) is 11.1. The SMILES string of the molecule is c1ccc2c(c1)CCCC2Nc1cc(N2CCOCC2)ncn1. The number of ether oxygens (including phenoxy) is 1. The Balaban J connectivity index is 1.53. The average Bonchev–Trinajstić information content (AvgIpc) is 2.63. The summed E-state index contributed by atoms with van der Waals surface area (Å²) >= 11 is 0. The molecule has 1 aromatic heterocycles. The fourth-order valence-corrected chi connectivity index (χ4v) is 3.47. The van der Waals surface area contributed by atoms with Crippen molar-refractivity contribution in [3.63, 3.8) is 0 Å². The van der Waals surface area contributed by atoms with Crippen molar-refractivity contribution >= 4 is 11.6 Å². The number of aryl methyl sites for hydroxylation is 1. The van der Waals surface area contributed by atoms with Gasteiger partial charge in [-0.1, -0.05) is 24.3 Å². The quantitative estimate of drug-likeness (QED) is 0.945. The molecule has 1 N–H and O–H groups in total. The number of nitrogens with one attached hydrogen (secondary N) is 1. The van der Waals surface area contributed by atoms with Gasteiger partial charge in [-0.05, 0) is 30.4 Å². The smallest absolute Gasteiger partial charge is 0.134 e. The Morgan fingerprint density at radius 2 is 2.00 bits per heavy atom. The normalized spacial score (nSPS) is 20.9.